The highest BCUT2D eigenvalue weighted by molar-refractivity contribution is 7.98. The van der Waals surface area contributed by atoms with Crippen molar-refractivity contribution >= 4 is 46.3 Å². The van der Waals surface area contributed by atoms with Gasteiger partial charge in [-0.05, 0) is 37.6 Å². The second kappa shape index (κ2) is 8.88. The smallest absolute Gasteiger partial charge is 0.191 e. The average molecular weight is 461 g/mol. The van der Waals surface area contributed by atoms with E-state index in [2.05, 4.69) is 46.1 Å². The lowest BCUT2D eigenvalue weighted by Gasteiger charge is -2.07. The van der Waals surface area contributed by atoms with Gasteiger partial charge in [0.25, 0.3) is 0 Å². The van der Waals surface area contributed by atoms with Crippen LogP contribution in [0.2, 0.25) is 10.0 Å². The van der Waals surface area contributed by atoms with Crippen molar-refractivity contribution in [1.82, 2.24) is 19.7 Å². The summed E-state index contributed by atoms with van der Waals surface area (Å²) in [5.74, 6) is 1.52. The van der Waals surface area contributed by atoms with E-state index in [1.54, 1.807) is 29.2 Å². The van der Waals surface area contributed by atoms with Crippen molar-refractivity contribution in [2.45, 2.75) is 31.3 Å². The summed E-state index contributed by atoms with van der Waals surface area (Å²) in [4.78, 5) is 4.81. The van der Waals surface area contributed by atoms with E-state index >= 15 is 0 Å². The Bertz CT molecular complexity index is 1150. The zero-order valence-corrected chi connectivity index (χ0v) is 19.0. The number of nitrogens with zero attached hydrogens (tertiary/aromatic N) is 4. The molecule has 148 valence electrons. The first-order valence-electron chi connectivity index (χ1n) is 9.08. The molecule has 0 aliphatic carbocycles. The largest absolute Gasteiger partial charge is 0.302 e. The van der Waals surface area contributed by atoms with Gasteiger partial charge in [0.2, 0.25) is 0 Å². The highest BCUT2D eigenvalue weighted by Crippen LogP contribution is 2.32. The fourth-order valence-corrected chi connectivity index (χ4v) is 5.19. The molecule has 0 fully saturated rings. The molecular formula is C21H18Cl2N4S2. The molecule has 0 unspecified atom stereocenters. The summed E-state index contributed by atoms with van der Waals surface area (Å²) >= 11 is 15.5. The van der Waals surface area contributed by atoms with Gasteiger partial charge in [0.15, 0.2) is 11.0 Å². The summed E-state index contributed by atoms with van der Waals surface area (Å²) in [7, 11) is 0. The highest BCUT2D eigenvalue weighted by Gasteiger charge is 2.15. The van der Waals surface area contributed by atoms with Gasteiger partial charge in [-0.1, -0.05) is 59.2 Å². The molecule has 0 atom stereocenters. The van der Waals surface area contributed by atoms with Crippen LogP contribution in [0.4, 0.5) is 0 Å². The quantitative estimate of drug-likeness (QED) is 0.290. The molecule has 0 radical (unpaired) electrons. The standard InChI is InChI=1S/C21H18Cl2N4S2/c1-3-27-19(14-8-9-17(22)18(23)10-14)25-26-21(27)29-12-15-11-28-20(24-15)16-7-5-4-6-13(16)2/h4-11H,3,12H2,1-2H3. The van der Waals surface area contributed by atoms with E-state index < -0.39 is 0 Å². The first-order chi connectivity index (χ1) is 14.1. The molecule has 0 amide bonds. The summed E-state index contributed by atoms with van der Waals surface area (Å²) in [5, 5.41) is 13.8. The zero-order valence-electron chi connectivity index (χ0n) is 15.9. The van der Waals surface area contributed by atoms with E-state index in [0.717, 1.165) is 39.5 Å². The number of benzene rings is 2. The van der Waals surface area contributed by atoms with Crippen molar-refractivity contribution in [3.8, 4) is 22.0 Å². The molecule has 4 aromatic rings. The molecule has 0 spiro atoms. The predicted octanol–water partition coefficient (Wildman–Crippen LogP) is 7.00. The van der Waals surface area contributed by atoms with E-state index in [-0.39, 0.29) is 0 Å². The van der Waals surface area contributed by atoms with Crippen LogP contribution in [0.5, 0.6) is 0 Å². The number of thioether (sulfide) groups is 1. The van der Waals surface area contributed by atoms with Crippen LogP contribution in [0.1, 0.15) is 18.2 Å². The molecule has 0 aliphatic heterocycles. The Balaban J connectivity index is 1.53. The van der Waals surface area contributed by atoms with Crippen LogP contribution >= 0.6 is 46.3 Å². The topological polar surface area (TPSA) is 43.6 Å². The third-order valence-electron chi connectivity index (χ3n) is 4.49. The summed E-state index contributed by atoms with van der Waals surface area (Å²) in [6.07, 6.45) is 0. The number of hydrogen-bond donors (Lipinski definition) is 0. The Morgan fingerprint density at radius 2 is 1.90 bits per heavy atom. The van der Waals surface area contributed by atoms with Crippen LogP contribution in [0, 0.1) is 6.92 Å². The Hall–Kier alpha value is -1.86. The van der Waals surface area contributed by atoms with Crippen LogP contribution in [0.15, 0.2) is 53.0 Å². The van der Waals surface area contributed by atoms with E-state index in [9.17, 15) is 0 Å². The third kappa shape index (κ3) is 4.36. The molecule has 0 saturated carbocycles. The summed E-state index contributed by atoms with van der Waals surface area (Å²) in [6, 6.07) is 13.8. The van der Waals surface area contributed by atoms with E-state index in [4.69, 9.17) is 28.2 Å². The molecule has 2 aromatic carbocycles. The summed E-state index contributed by atoms with van der Waals surface area (Å²) in [6.45, 7) is 4.95. The predicted molar refractivity (Wildman–Crippen MR) is 123 cm³/mol. The van der Waals surface area contributed by atoms with Crippen LogP contribution in [0.3, 0.4) is 0 Å². The minimum atomic E-state index is 0.509. The Labute approximate surface area is 187 Å². The van der Waals surface area contributed by atoms with Gasteiger partial charge in [0, 0.05) is 28.8 Å². The van der Waals surface area contributed by atoms with E-state index in [1.807, 2.05) is 24.3 Å². The molecule has 29 heavy (non-hydrogen) atoms. The molecule has 0 aliphatic rings. The van der Waals surface area contributed by atoms with E-state index in [1.165, 1.54) is 11.1 Å². The second-order valence-corrected chi connectivity index (χ2v) is 9.04. The molecule has 8 heteroatoms. The van der Waals surface area contributed by atoms with Crippen LogP contribution < -0.4 is 0 Å². The van der Waals surface area contributed by atoms with Crippen molar-refractivity contribution in [1.29, 1.82) is 0 Å². The van der Waals surface area contributed by atoms with Crippen molar-refractivity contribution < 1.29 is 0 Å². The van der Waals surface area contributed by atoms with Crippen molar-refractivity contribution in [2.24, 2.45) is 0 Å². The maximum Gasteiger partial charge on any atom is 0.191 e. The lowest BCUT2D eigenvalue weighted by Crippen LogP contribution is -2.00. The van der Waals surface area contributed by atoms with Gasteiger partial charge in [-0.15, -0.1) is 21.5 Å². The van der Waals surface area contributed by atoms with Crippen molar-refractivity contribution in [2.75, 3.05) is 0 Å². The lowest BCUT2D eigenvalue weighted by atomic mass is 10.1. The first kappa shape index (κ1) is 20.4. The molecule has 0 N–H and O–H groups in total. The van der Waals surface area contributed by atoms with Gasteiger partial charge in [0.05, 0.1) is 15.7 Å². The zero-order chi connectivity index (χ0) is 20.4. The molecular weight excluding hydrogens is 443 g/mol. The molecule has 2 heterocycles. The van der Waals surface area contributed by atoms with Gasteiger partial charge in [-0.3, -0.25) is 0 Å². The number of thiazole rings is 1. The SMILES string of the molecule is CCn1c(SCc2csc(-c3ccccc3C)n2)nnc1-c1ccc(Cl)c(Cl)c1. The number of rotatable bonds is 6. The number of aromatic nitrogens is 4. The van der Waals surface area contributed by atoms with E-state index in [0.29, 0.717) is 10.0 Å². The highest BCUT2D eigenvalue weighted by atomic mass is 35.5. The van der Waals surface area contributed by atoms with Crippen molar-refractivity contribution in [3.63, 3.8) is 0 Å². The first-order valence-corrected chi connectivity index (χ1v) is 11.7. The van der Waals surface area contributed by atoms with Crippen LogP contribution in [0.25, 0.3) is 22.0 Å². The maximum atomic E-state index is 6.17. The molecule has 0 saturated heterocycles. The second-order valence-electron chi connectivity index (χ2n) is 6.43. The fourth-order valence-electron chi connectivity index (χ4n) is 2.98. The van der Waals surface area contributed by atoms with Gasteiger partial charge < -0.3 is 4.57 Å². The van der Waals surface area contributed by atoms with Crippen LogP contribution in [-0.4, -0.2) is 19.7 Å². The number of hydrogen-bond acceptors (Lipinski definition) is 5. The lowest BCUT2D eigenvalue weighted by molar-refractivity contribution is 0.687. The molecule has 4 nitrogen and oxygen atoms in total. The summed E-state index contributed by atoms with van der Waals surface area (Å²) in [5.41, 5.74) is 4.36. The van der Waals surface area contributed by atoms with Gasteiger partial charge >= 0.3 is 0 Å². The fraction of sp³-hybridized carbons (Fsp3) is 0.190. The monoisotopic (exact) mass is 460 g/mol. The minimum absolute atomic E-state index is 0.509. The third-order valence-corrected chi connectivity index (χ3v) is 7.15. The van der Waals surface area contributed by atoms with Crippen LogP contribution in [-0.2, 0) is 12.3 Å². The van der Waals surface area contributed by atoms with Gasteiger partial charge in [-0.25, -0.2) is 4.98 Å². The molecule has 0 bridgehead atoms. The number of aryl methyl sites for hydroxylation is 1. The van der Waals surface area contributed by atoms with Gasteiger partial charge in [0.1, 0.15) is 5.01 Å². The summed E-state index contributed by atoms with van der Waals surface area (Å²) < 4.78 is 2.08. The average Bonchev–Trinajstić information content (AvgIpc) is 3.35. The normalized spacial score (nSPS) is 11.2. The Kier molecular flexibility index (Phi) is 6.25. The Morgan fingerprint density at radius 3 is 2.66 bits per heavy atom. The Morgan fingerprint density at radius 1 is 1.07 bits per heavy atom. The minimum Gasteiger partial charge on any atom is -0.302 e. The molecule has 4 rings (SSSR count). The molecule has 2 aromatic heterocycles. The van der Waals surface area contributed by atoms with Gasteiger partial charge in [-0.2, -0.15) is 0 Å². The maximum absolute atomic E-state index is 6.17. The number of halogens is 2. The van der Waals surface area contributed by atoms with Crippen molar-refractivity contribution in [3.05, 3.63) is 69.1 Å².